The summed E-state index contributed by atoms with van der Waals surface area (Å²) in [6.07, 6.45) is 2.56. The second kappa shape index (κ2) is 4.90. The topological polar surface area (TPSA) is 0 Å². The summed E-state index contributed by atoms with van der Waals surface area (Å²) in [4.78, 5) is 0. The van der Waals surface area contributed by atoms with E-state index in [0.29, 0.717) is 5.04 Å². The first-order valence-corrected chi connectivity index (χ1v) is 9.03. The molecule has 0 saturated carbocycles. The highest BCUT2D eigenvalue weighted by molar-refractivity contribution is 6.76. The van der Waals surface area contributed by atoms with Gasteiger partial charge in [0.25, 0.3) is 0 Å². The lowest BCUT2D eigenvalue weighted by molar-refractivity contribution is 0.631. The van der Waals surface area contributed by atoms with Crippen LogP contribution in [-0.2, 0) is 5.04 Å². The quantitative estimate of drug-likeness (QED) is 0.713. The van der Waals surface area contributed by atoms with Crippen molar-refractivity contribution in [3.63, 3.8) is 0 Å². The van der Waals surface area contributed by atoms with E-state index in [1.165, 1.54) is 24.0 Å². The van der Waals surface area contributed by atoms with Crippen LogP contribution < -0.4 is 0 Å². The molecule has 0 aliphatic carbocycles. The molecule has 2 aromatic carbocycles. The highest BCUT2D eigenvalue weighted by Crippen LogP contribution is 2.36. The Labute approximate surface area is 117 Å². The third kappa shape index (κ3) is 2.12. The summed E-state index contributed by atoms with van der Waals surface area (Å²) < 4.78 is 0. The van der Waals surface area contributed by atoms with Crippen LogP contribution in [0.4, 0.5) is 0 Å². The fourth-order valence-corrected chi connectivity index (χ4v) is 6.12. The summed E-state index contributed by atoms with van der Waals surface area (Å²) in [5, 5.41) is 2.11. The minimum absolute atomic E-state index is 0.386. The molecule has 0 aromatic heterocycles. The molecule has 0 spiro atoms. The minimum Gasteiger partial charge on any atom is -0.0622 e. The predicted molar refractivity (Wildman–Crippen MR) is 85.2 cm³/mol. The number of benzene rings is 2. The first kappa shape index (κ1) is 12.6. The molecular formula is C18H20Si. The van der Waals surface area contributed by atoms with E-state index in [-0.39, 0.29) is 0 Å². The van der Waals surface area contributed by atoms with E-state index >= 15 is 0 Å². The number of rotatable bonds is 2. The van der Waals surface area contributed by atoms with Gasteiger partial charge in [-0.15, -0.1) is 0 Å². The molecule has 1 aliphatic heterocycles. The molecule has 1 atom stereocenters. The van der Waals surface area contributed by atoms with E-state index in [9.17, 15) is 0 Å². The fraction of sp³-hybridized carbons (Fsp3) is 0.278. The van der Waals surface area contributed by atoms with Crippen LogP contribution in [0.25, 0.3) is 0 Å². The van der Waals surface area contributed by atoms with Crippen LogP contribution in [-0.4, -0.2) is 13.6 Å². The second-order valence-electron chi connectivity index (χ2n) is 5.67. The van der Waals surface area contributed by atoms with Crippen molar-refractivity contribution in [2.45, 2.75) is 31.4 Å². The van der Waals surface area contributed by atoms with E-state index in [0.717, 1.165) is 0 Å². The lowest BCUT2D eigenvalue weighted by atomic mass is 9.94. The Morgan fingerprint density at radius 3 is 2.11 bits per heavy atom. The maximum absolute atomic E-state index is 2.49. The highest BCUT2D eigenvalue weighted by atomic mass is 28.2. The molecule has 0 saturated heterocycles. The average molecular weight is 264 g/mol. The van der Waals surface area contributed by atoms with Crippen LogP contribution >= 0.6 is 0 Å². The zero-order chi connectivity index (χ0) is 13.3. The Morgan fingerprint density at radius 1 is 0.895 bits per heavy atom. The van der Waals surface area contributed by atoms with Crippen molar-refractivity contribution in [3.05, 3.63) is 71.8 Å². The third-order valence-corrected chi connectivity index (χ3v) is 8.33. The fourth-order valence-electron chi connectivity index (χ4n) is 3.25. The maximum Gasteiger partial charge on any atom is 0.0224 e. The van der Waals surface area contributed by atoms with Gasteiger partial charge in [0.15, 0.2) is 0 Å². The molecule has 0 amide bonds. The van der Waals surface area contributed by atoms with Crippen LogP contribution in [0.15, 0.2) is 60.7 Å². The summed E-state index contributed by atoms with van der Waals surface area (Å²) in [6.45, 7) is 4.96. The molecule has 0 bridgehead atoms. The van der Waals surface area contributed by atoms with Gasteiger partial charge in [0.2, 0.25) is 0 Å². The van der Waals surface area contributed by atoms with Crippen LogP contribution in [0, 0.1) is 0 Å². The molecular weight excluding hydrogens is 244 g/mol. The Hall–Kier alpha value is -1.47. The van der Waals surface area contributed by atoms with E-state index in [4.69, 9.17) is 0 Å². The number of hydrogen-bond acceptors (Lipinski definition) is 0. The lowest BCUT2D eigenvalue weighted by Gasteiger charge is -2.26. The van der Waals surface area contributed by atoms with Gasteiger partial charge in [0, 0.05) is 13.4 Å². The Balaban J connectivity index is 2.06. The molecule has 0 nitrogen and oxygen atoms in total. The molecule has 1 unspecified atom stereocenters. The first-order chi connectivity index (χ1) is 9.22. The highest BCUT2D eigenvalue weighted by Gasteiger charge is 2.36. The van der Waals surface area contributed by atoms with Crippen molar-refractivity contribution in [3.8, 4) is 0 Å². The van der Waals surface area contributed by atoms with E-state index < -0.39 is 8.41 Å². The monoisotopic (exact) mass is 264 g/mol. The minimum atomic E-state index is -0.520. The van der Waals surface area contributed by atoms with Gasteiger partial charge in [-0.3, -0.25) is 0 Å². The Kier molecular flexibility index (Phi) is 3.24. The van der Waals surface area contributed by atoms with Crippen molar-refractivity contribution >= 4 is 13.6 Å². The van der Waals surface area contributed by atoms with Gasteiger partial charge < -0.3 is 0 Å². The normalized spacial score (nSPS) is 22.8. The van der Waals surface area contributed by atoms with E-state index in [1.807, 2.05) is 0 Å². The van der Waals surface area contributed by atoms with Crippen LogP contribution in [0.2, 0.25) is 6.55 Å². The standard InChI is InChI=1S/C18H20Si/c1-18(16-11-7-4-8-12-16)14-13-17(19(18)2)15-9-5-3-6-10-15/h3-12H,13-14H2,1-2H3. The molecule has 0 N–H and O–H groups in total. The third-order valence-electron chi connectivity index (χ3n) is 4.69. The van der Waals surface area contributed by atoms with E-state index in [2.05, 4.69) is 74.1 Å². The van der Waals surface area contributed by atoms with Gasteiger partial charge in [-0.1, -0.05) is 79.3 Å². The SMILES string of the molecule is C[Si]1=C(c2ccccc2)CCC1(C)c1ccccc1. The molecule has 1 heteroatoms. The zero-order valence-electron chi connectivity index (χ0n) is 11.7. The summed E-state index contributed by atoms with van der Waals surface area (Å²) >= 11 is 0. The Bertz CT molecular complexity index is 598. The second-order valence-corrected chi connectivity index (χ2v) is 8.62. The van der Waals surface area contributed by atoms with Gasteiger partial charge in [0.1, 0.15) is 0 Å². The largest absolute Gasteiger partial charge is 0.0622 e. The summed E-state index contributed by atoms with van der Waals surface area (Å²) in [7, 11) is -0.520. The molecule has 1 aliphatic rings. The summed E-state index contributed by atoms with van der Waals surface area (Å²) in [5.74, 6) is 0. The molecule has 0 fully saturated rings. The van der Waals surface area contributed by atoms with Crippen molar-refractivity contribution in [2.75, 3.05) is 0 Å². The van der Waals surface area contributed by atoms with Crippen LogP contribution in [0.3, 0.4) is 0 Å². The van der Waals surface area contributed by atoms with E-state index in [1.54, 1.807) is 5.17 Å². The molecule has 3 rings (SSSR count). The molecule has 0 radical (unpaired) electrons. The van der Waals surface area contributed by atoms with Gasteiger partial charge in [-0.05, 0) is 24.0 Å². The van der Waals surface area contributed by atoms with Crippen molar-refractivity contribution in [1.82, 2.24) is 0 Å². The Morgan fingerprint density at radius 2 is 1.47 bits per heavy atom. The van der Waals surface area contributed by atoms with Crippen LogP contribution in [0.5, 0.6) is 0 Å². The first-order valence-electron chi connectivity index (χ1n) is 7.03. The smallest absolute Gasteiger partial charge is 0.0224 e. The predicted octanol–water partition coefficient (Wildman–Crippen LogP) is 4.20. The van der Waals surface area contributed by atoms with Crippen LogP contribution in [0.1, 0.15) is 30.9 Å². The zero-order valence-corrected chi connectivity index (χ0v) is 12.7. The van der Waals surface area contributed by atoms with Crippen molar-refractivity contribution in [1.29, 1.82) is 0 Å². The molecule has 19 heavy (non-hydrogen) atoms. The van der Waals surface area contributed by atoms with Gasteiger partial charge in [-0.25, -0.2) is 0 Å². The summed E-state index contributed by atoms with van der Waals surface area (Å²) in [6, 6.07) is 22.1. The molecule has 2 aromatic rings. The van der Waals surface area contributed by atoms with Gasteiger partial charge in [-0.2, -0.15) is 0 Å². The number of hydrogen-bond donors (Lipinski definition) is 0. The van der Waals surface area contributed by atoms with Crippen molar-refractivity contribution in [2.24, 2.45) is 0 Å². The maximum atomic E-state index is 2.49. The lowest BCUT2D eigenvalue weighted by Crippen LogP contribution is -2.30. The average Bonchev–Trinajstić information content (AvgIpc) is 2.78. The summed E-state index contributed by atoms with van der Waals surface area (Å²) in [5.41, 5.74) is 3.00. The molecule has 96 valence electrons. The van der Waals surface area contributed by atoms with Gasteiger partial charge in [0.05, 0.1) is 0 Å². The van der Waals surface area contributed by atoms with Gasteiger partial charge >= 0.3 is 0 Å². The molecule has 1 heterocycles. The van der Waals surface area contributed by atoms with Crippen molar-refractivity contribution < 1.29 is 0 Å².